The predicted molar refractivity (Wildman–Crippen MR) is 60.2 cm³/mol. The van der Waals surface area contributed by atoms with Crippen molar-refractivity contribution in [3.05, 3.63) is 42.5 Å². The molecule has 0 atom stereocenters. The van der Waals surface area contributed by atoms with E-state index >= 15 is 0 Å². The Hall–Kier alpha value is -1.05. The van der Waals surface area contributed by atoms with E-state index in [0.717, 1.165) is 5.32 Å². The molecular formula is C11H13NOSe. The van der Waals surface area contributed by atoms with Gasteiger partial charge in [-0.2, -0.15) is 0 Å². The molecule has 0 bridgehead atoms. The zero-order valence-corrected chi connectivity index (χ0v) is 9.83. The van der Waals surface area contributed by atoms with Gasteiger partial charge in [-0.15, -0.1) is 0 Å². The van der Waals surface area contributed by atoms with Crippen molar-refractivity contribution in [2.75, 3.05) is 7.05 Å². The van der Waals surface area contributed by atoms with Gasteiger partial charge in [-0.3, -0.25) is 0 Å². The molecule has 0 unspecified atom stereocenters. The second-order valence-corrected chi connectivity index (χ2v) is 5.00. The second-order valence-electron chi connectivity index (χ2n) is 2.70. The molecule has 0 saturated heterocycles. The van der Waals surface area contributed by atoms with E-state index in [9.17, 15) is 4.79 Å². The van der Waals surface area contributed by atoms with E-state index in [1.54, 1.807) is 7.05 Å². The minimum atomic E-state index is -0.0345. The molecule has 1 aromatic rings. The molecule has 1 rings (SSSR count). The Kier molecular flexibility index (Phi) is 4.44. The van der Waals surface area contributed by atoms with Crippen LogP contribution in [0.3, 0.4) is 0 Å². The number of hydrogen-bond acceptors (Lipinski definition) is 1. The van der Waals surface area contributed by atoms with Crippen LogP contribution >= 0.6 is 0 Å². The number of amides is 1. The van der Waals surface area contributed by atoms with Crippen molar-refractivity contribution in [1.29, 1.82) is 0 Å². The van der Waals surface area contributed by atoms with Crippen molar-refractivity contribution in [3.63, 3.8) is 0 Å². The molecule has 0 aliphatic rings. The normalized spacial score (nSPS) is 9.50. The Balaban J connectivity index is 2.68. The second kappa shape index (κ2) is 5.63. The molecule has 0 heterocycles. The van der Waals surface area contributed by atoms with Crippen molar-refractivity contribution in [2.45, 2.75) is 5.32 Å². The van der Waals surface area contributed by atoms with E-state index < -0.39 is 0 Å². The van der Waals surface area contributed by atoms with Crippen molar-refractivity contribution >= 4 is 25.3 Å². The van der Waals surface area contributed by atoms with Gasteiger partial charge < -0.3 is 0 Å². The molecule has 14 heavy (non-hydrogen) atoms. The molecule has 1 N–H and O–H groups in total. The summed E-state index contributed by atoms with van der Waals surface area (Å²) < 4.78 is 1.30. The molecule has 0 saturated carbocycles. The number of rotatable bonds is 4. The first-order valence-electron chi connectivity index (χ1n) is 4.33. The molecular weight excluding hydrogens is 241 g/mol. The van der Waals surface area contributed by atoms with E-state index in [0.29, 0.717) is 20.5 Å². The minimum absolute atomic E-state index is 0.0345. The first kappa shape index (κ1) is 11.0. The summed E-state index contributed by atoms with van der Waals surface area (Å²) in [6.45, 7) is 3.69. The molecule has 0 aliphatic heterocycles. The summed E-state index contributed by atoms with van der Waals surface area (Å²) in [6.07, 6.45) is 1.92. The molecule has 0 aromatic heterocycles. The summed E-state index contributed by atoms with van der Waals surface area (Å²) >= 11 is 0.447. The van der Waals surface area contributed by atoms with Gasteiger partial charge in [-0.25, -0.2) is 0 Å². The Morgan fingerprint density at radius 3 is 2.64 bits per heavy atom. The third-order valence-corrected chi connectivity index (χ3v) is 3.83. The first-order chi connectivity index (χ1) is 6.77. The molecule has 1 aromatic carbocycles. The fourth-order valence-electron chi connectivity index (χ4n) is 1.00. The summed E-state index contributed by atoms with van der Waals surface area (Å²) in [6, 6.07) is 7.74. The summed E-state index contributed by atoms with van der Waals surface area (Å²) in [7, 11) is 1.64. The Morgan fingerprint density at radius 2 is 2.14 bits per heavy atom. The molecule has 0 aliphatic carbocycles. The van der Waals surface area contributed by atoms with Crippen LogP contribution in [0.4, 0.5) is 0 Å². The van der Waals surface area contributed by atoms with Crippen molar-refractivity contribution < 1.29 is 4.79 Å². The third kappa shape index (κ3) is 3.02. The van der Waals surface area contributed by atoms with Crippen LogP contribution in [0.2, 0.25) is 5.32 Å². The Morgan fingerprint density at radius 1 is 1.50 bits per heavy atom. The van der Waals surface area contributed by atoms with Crippen LogP contribution in [0.15, 0.2) is 36.9 Å². The van der Waals surface area contributed by atoms with Crippen molar-refractivity contribution in [2.24, 2.45) is 0 Å². The van der Waals surface area contributed by atoms with Gasteiger partial charge in [-0.05, 0) is 0 Å². The van der Waals surface area contributed by atoms with Crippen molar-refractivity contribution in [3.8, 4) is 0 Å². The van der Waals surface area contributed by atoms with E-state index in [-0.39, 0.29) is 5.91 Å². The number of allylic oxidation sites excluding steroid dienone is 1. The third-order valence-electron chi connectivity index (χ3n) is 1.71. The molecule has 0 fully saturated rings. The maximum absolute atomic E-state index is 11.2. The van der Waals surface area contributed by atoms with E-state index in [2.05, 4.69) is 11.9 Å². The predicted octanol–water partition coefficient (Wildman–Crippen LogP) is 0.980. The van der Waals surface area contributed by atoms with E-state index in [1.165, 1.54) is 4.46 Å². The SMILES string of the molecule is C=CC[Se]c1ccc(C(=O)NC)cc1. The number of hydrogen-bond donors (Lipinski definition) is 1. The van der Waals surface area contributed by atoms with Crippen LogP contribution in [0, 0.1) is 0 Å². The van der Waals surface area contributed by atoms with Gasteiger partial charge in [0.15, 0.2) is 0 Å². The average molecular weight is 254 g/mol. The number of carbonyl (C=O) groups is 1. The molecule has 1 amide bonds. The zero-order valence-electron chi connectivity index (χ0n) is 8.12. The average Bonchev–Trinajstić information content (AvgIpc) is 2.26. The monoisotopic (exact) mass is 255 g/mol. The first-order valence-corrected chi connectivity index (χ1v) is 6.40. The molecule has 74 valence electrons. The van der Waals surface area contributed by atoms with Crippen LogP contribution in [0.25, 0.3) is 0 Å². The number of nitrogens with one attached hydrogen (secondary N) is 1. The molecule has 2 nitrogen and oxygen atoms in total. The van der Waals surface area contributed by atoms with Gasteiger partial charge in [0.2, 0.25) is 0 Å². The number of benzene rings is 1. The van der Waals surface area contributed by atoms with Crippen LogP contribution in [0.5, 0.6) is 0 Å². The van der Waals surface area contributed by atoms with Crippen LogP contribution in [-0.2, 0) is 0 Å². The zero-order chi connectivity index (χ0) is 10.4. The van der Waals surface area contributed by atoms with Gasteiger partial charge in [0.05, 0.1) is 0 Å². The maximum atomic E-state index is 11.2. The Bertz CT molecular complexity index is 319. The van der Waals surface area contributed by atoms with Crippen LogP contribution in [-0.4, -0.2) is 27.9 Å². The fraction of sp³-hybridized carbons (Fsp3) is 0.182. The summed E-state index contributed by atoms with van der Waals surface area (Å²) in [5, 5.41) is 3.63. The van der Waals surface area contributed by atoms with Crippen LogP contribution in [0.1, 0.15) is 10.4 Å². The summed E-state index contributed by atoms with van der Waals surface area (Å²) in [4.78, 5) is 11.2. The molecule has 0 radical (unpaired) electrons. The van der Waals surface area contributed by atoms with Crippen molar-refractivity contribution in [1.82, 2.24) is 5.32 Å². The van der Waals surface area contributed by atoms with Gasteiger partial charge in [0.25, 0.3) is 0 Å². The summed E-state index contributed by atoms with van der Waals surface area (Å²) in [5.41, 5.74) is 0.714. The molecule has 0 spiro atoms. The van der Waals surface area contributed by atoms with Crippen LogP contribution < -0.4 is 9.78 Å². The van der Waals surface area contributed by atoms with E-state index in [1.807, 2.05) is 30.3 Å². The molecule has 3 heteroatoms. The van der Waals surface area contributed by atoms with Gasteiger partial charge >= 0.3 is 90.3 Å². The standard InChI is InChI=1S/C11H13NOSe/c1-3-8-14-10-6-4-9(5-7-10)11(13)12-2/h3-7H,1,8H2,2H3,(H,12,13). The van der Waals surface area contributed by atoms with Gasteiger partial charge in [0.1, 0.15) is 0 Å². The van der Waals surface area contributed by atoms with E-state index in [4.69, 9.17) is 0 Å². The topological polar surface area (TPSA) is 29.1 Å². The van der Waals surface area contributed by atoms with Gasteiger partial charge in [-0.1, -0.05) is 0 Å². The summed E-state index contributed by atoms with van der Waals surface area (Å²) in [5.74, 6) is -0.0345. The fourth-order valence-corrected chi connectivity index (χ4v) is 2.34. The quantitative estimate of drug-likeness (QED) is 0.630. The number of carbonyl (C=O) groups excluding carboxylic acids is 1. The Labute approximate surface area is 90.6 Å². The van der Waals surface area contributed by atoms with Gasteiger partial charge in [0, 0.05) is 0 Å².